The van der Waals surface area contributed by atoms with Crippen LogP contribution in [0.1, 0.15) is 5.56 Å². The maximum Gasteiger partial charge on any atom is 0.123 e. The highest BCUT2D eigenvalue weighted by Gasteiger charge is 2.06. The second kappa shape index (κ2) is 5.95. The summed E-state index contributed by atoms with van der Waals surface area (Å²) in [5.74, 6) is 1.50. The van der Waals surface area contributed by atoms with Crippen LogP contribution in [-0.2, 0) is 6.54 Å². The minimum Gasteiger partial charge on any atom is -0.497 e. The zero-order chi connectivity index (χ0) is 13.8. The quantitative estimate of drug-likeness (QED) is 0.930. The Bertz CT molecular complexity index is 562. The molecule has 2 aromatic carbocycles. The van der Waals surface area contributed by atoms with E-state index in [9.17, 15) is 0 Å². The Morgan fingerprint density at radius 3 is 2.11 bits per heavy atom. The molecule has 0 atom stereocenters. The van der Waals surface area contributed by atoms with Crippen molar-refractivity contribution in [3.63, 3.8) is 0 Å². The van der Waals surface area contributed by atoms with Crippen LogP contribution in [0.2, 0.25) is 5.02 Å². The van der Waals surface area contributed by atoms with E-state index in [0.717, 1.165) is 28.2 Å². The maximum absolute atomic E-state index is 6.07. The molecule has 2 N–H and O–H groups in total. The zero-order valence-corrected chi connectivity index (χ0v) is 11.7. The van der Waals surface area contributed by atoms with E-state index in [1.54, 1.807) is 14.2 Å². The molecule has 0 aliphatic carbocycles. The van der Waals surface area contributed by atoms with Gasteiger partial charge in [-0.1, -0.05) is 17.7 Å². The topological polar surface area (TPSA) is 44.5 Å². The lowest BCUT2D eigenvalue weighted by molar-refractivity contribution is 0.394. The van der Waals surface area contributed by atoms with Gasteiger partial charge in [0.25, 0.3) is 0 Å². The largest absolute Gasteiger partial charge is 0.497 e. The molecule has 0 spiro atoms. The second-order valence-corrected chi connectivity index (χ2v) is 4.52. The molecule has 0 aliphatic heterocycles. The molecule has 0 unspecified atom stereocenters. The van der Waals surface area contributed by atoms with Gasteiger partial charge in [-0.2, -0.15) is 0 Å². The maximum atomic E-state index is 6.07. The van der Waals surface area contributed by atoms with Crippen LogP contribution in [0.4, 0.5) is 0 Å². The lowest BCUT2D eigenvalue weighted by Gasteiger charge is -2.10. The molecule has 0 fully saturated rings. The average molecular weight is 278 g/mol. The SMILES string of the molecule is COc1cc(OC)cc(-c2ccc(Cl)c(CN)c2)c1. The van der Waals surface area contributed by atoms with E-state index < -0.39 is 0 Å². The van der Waals surface area contributed by atoms with Gasteiger partial charge in [-0.25, -0.2) is 0 Å². The van der Waals surface area contributed by atoms with Crippen molar-refractivity contribution >= 4 is 11.6 Å². The van der Waals surface area contributed by atoms with Gasteiger partial charge in [0, 0.05) is 17.6 Å². The highest BCUT2D eigenvalue weighted by Crippen LogP contribution is 2.31. The van der Waals surface area contributed by atoms with E-state index in [2.05, 4.69) is 0 Å². The number of nitrogens with two attached hydrogens (primary N) is 1. The van der Waals surface area contributed by atoms with Crippen LogP contribution in [-0.4, -0.2) is 14.2 Å². The molecule has 0 saturated carbocycles. The summed E-state index contributed by atoms with van der Waals surface area (Å²) in [4.78, 5) is 0. The number of halogens is 1. The summed E-state index contributed by atoms with van der Waals surface area (Å²) < 4.78 is 10.5. The van der Waals surface area contributed by atoms with Crippen molar-refractivity contribution in [3.05, 3.63) is 47.0 Å². The van der Waals surface area contributed by atoms with Gasteiger partial charge in [-0.15, -0.1) is 0 Å². The molecule has 0 heterocycles. The van der Waals surface area contributed by atoms with Crippen molar-refractivity contribution in [2.24, 2.45) is 5.73 Å². The third-order valence-electron chi connectivity index (χ3n) is 2.95. The van der Waals surface area contributed by atoms with Crippen LogP contribution in [0.25, 0.3) is 11.1 Å². The first-order valence-corrected chi connectivity index (χ1v) is 6.27. The predicted molar refractivity (Wildman–Crippen MR) is 77.9 cm³/mol. The van der Waals surface area contributed by atoms with Gasteiger partial charge in [0.05, 0.1) is 14.2 Å². The number of benzene rings is 2. The smallest absolute Gasteiger partial charge is 0.123 e. The van der Waals surface area contributed by atoms with Gasteiger partial charge in [0.1, 0.15) is 11.5 Å². The molecule has 0 radical (unpaired) electrons. The monoisotopic (exact) mass is 277 g/mol. The highest BCUT2D eigenvalue weighted by molar-refractivity contribution is 6.31. The van der Waals surface area contributed by atoms with E-state index in [1.165, 1.54) is 0 Å². The predicted octanol–water partition coefficient (Wildman–Crippen LogP) is 3.48. The Balaban J connectivity index is 2.51. The van der Waals surface area contributed by atoms with Crippen molar-refractivity contribution in [2.75, 3.05) is 14.2 Å². The van der Waals surface area contributed by atoms with Gasteiger partial charge >= 0.3 is 0 Å². The normalized spacial score (nSPS) is 10.3. The van der Waals surface area contributed by atoms with Crippen LogP contribution in [0.5, 0.6) is 11.5 Å². The van der Waals surface area contributed by atoms with E-state index in [1.807, 2.05) is 36.4 Å². The molecule has 0 aliphatic rings. The fourth-order valence-electron chi connectivity index (χ4n) is 1.88. The molecule has 2 rings (SSSR count). The summed E-state index contributed by atoms with van der Waals surface area (Å²) >= 11 is 6.07. The third kappa shape index (κ3) is 3.00. The minimum atomic E-state index is 0.410. The summed E-state index contributed by atoms with van der Waals surface area (Å²) in [6.45, 7) is 0.410. The molecule has 0 aromatic heterocycles. The zero-order valence-electron chi connectivity index (χ0n) is 10.9. The van der Waals surface area contributed by atoms with Crippen LogP contribution in [0, 0.1) is 0 Å². The van der Waals surface area contributed by atoms with Gasteiger partial charge in [-0.05, 0) is 41.0 Å². The van der Waals surface area contributed by atoms with E-state index in [0.29, 0.717) is 11.6 Å². The van der Waals surface area contributed by atoms with Crippen molar-refractivity contribution in [3.8, 4) is 22.6 Å². The van der Waals surface area contributed by atoms with Crippen molar-refractivity contribution in [1.82, 2.24) is 0 Å². The highest BCUT2D eigenvalue weighted by atomic mass is 35.5. The average Bonchev–Trinajstić information content (AvgIpc) is 2.47. The summed E-state index contributed by atoms with van der Waals surface area (Å²) in [5, 5.41) is 0.682. The third-order valence-corrected chi connectivity index (χ3v) is 3.32. The fraction of sp³-hybridized carbons (Fsp3) is 0.200. The van der Waals surface area contributed by atoms with Crippen molar-refractivity contribution in [2.45, 2.75) is 6.54 Å². The summed E-state index contributed by atoms with van der Waals surface area (Å²) in [6, 6.07) is 11.5. The Labute approximate surface area is 117 Å². The summed E-state index contributed by atoms with van der Waals surface area (Å²) in [7, 11) is 3.26. The van der Waals surface area contributed by atoms with Crippen LogP contribution in [0.15, 0.2) is 36.4 Å². The Morgan fingerprint density at radius 1 is 0.947 bits per heavy atom. The standard InChI is InChI=1S/C15H16ClNO2/c1-18-13-6-11(7-14(8-13)19-2)10-3-4-15(16)12(5-10)9-17/h3-8H,9,17H2,1-2H3. The van der Waals surface area contributed by atoms with Crippen molar-refractivity contribution in [1.29, 1.82) is 0 Å². The molecular formula is C15H16ClNO2. The Morgan fingerprint density at radius 2 is 1.58 bits per heavy atom. The first kappa shape index (κ1) is 13.7. The number of hydrogen-bond donors (Lipinski definition) is 1. The van der Waals surface area contributed by atoms with Gasteiger partial charge in [-0.3, -0.25) is 0 Å². The number of methoxy groups -OCH3 is 2. The second-order valence-electron chi connectivity index (χ2n) is 4.11. The summed E-state index contributed by atoms with van der Waals surface area (Å²) in [5.41, 5.74) is 8.63. The molecule has 3 nitrogen and oxygen atoms in total. The fourth-order valence-corrected chi connectivity index (χ4v) is 2.08. The first-order valence-electron chi connectivity index (χ1n) is 5.90. The van der Waals surface area contributed by atoms with Gasteiger partial charge < -0.3 is 15.2 Å². The number of ether oxygens (including phenoxy) is 2. The van der Waals surface area contributed by atoms with Crippen LogP contribution in [0.3, 0.4) is 0 Å². The van der Waals surface area contributed by atoms with Gasteiger partial charge in [0.2, 0.25) is 0 Å². The van der Waals surface area contributed by atoms with Crippen LogP contribution < -0.4 is 15.2 Å². The molecular weight excluding hydrogens is 262 g/mol. The molecule has 4 heteroatoms. The molecule has 0 amide bonds. The first-order chi connectivity index (χ1) is 9.17. The molecule has 2 aromatic rings. The van der Waals surface area contributed by atoms with E-state index in [-0.39, 0.29) is 0 Å². The number of rotatable bonds is 4. The summed E-state index contributed by atoms with van der Waals surface area (Å²) in [6.07, 6.45) is 0. The van der Waals surface area contributed by atoms with Gasteiger partial charge in [0.15, 0.2) is 0 Å². The Kier molecular flexibility index (Phi) is 4.30. The van der Waals surface area contributed by atoms with E-state index in [4.69, 9.17) is 26.8 Å². The van der Waals surface area contributed by atoms with Crippen molar-refractivity contribution < 1.29 is 9.47 Å². The molecule has 0 saturated heterocycles. The molecule has 0 bridgehead atoms. The number of hydrogen-bond acceptors (Lipinski definition) is 3. The molecule has 19 heavy (non-hydrogen) atoms. The van der Waals surface area contributed by atoms with Crippen LogP contribution >= 0.6 is 11.6 Å². The lowest BCUT2D eigenvalue weighted by atomic mass is 10.0. The lowest BCUT2D eigenvalue weighted by Crippen LogP contribution is -1.97. The van der Waals surface area contributed by atoms with E-state index >= 15 is 0 Å². The molecule has 100 valence electrons. The minimum absolute atomic E-state index is 0.410. The Hall–Kier alpha value is -1.71.